The highest BCUT2D eigenvalue weighted by Crippen LogP contribution is 2.43. The van der Waals surface area contributed by atoms with Crippen LogP contribution in [0.2, 0.25) is 0 Å². The van der Waals surface area contributed by atoms with Gasteiger partial charge in [0, 0.05) is 11.1 Å². The second-order valence-corrected chi connectivity index (χ2v) is 9.18. The number of hydrogen-bond acceptors (Lipinski definition) is 4. The van der Waals surface area contributed by atoms with Gasteiger partial charge in [-0.25, -0.2) is 0 Å². The van der Waals surface area contributed by atoms with Crippen LogP contribution >= 0.6 is 0 Å². The van der Waals surface area contributed by atoms with Crippen LogP contribution in [-0.2, 0) is 5.41 Å². The number of rotatable bonds is 3. The van der Waals surface area contributed by atoms with Crippen LogP contribution < -0.4 is 5.73 Å². The summed E-state index contributed by atoms with van der Waals surface area (Å²) in [7, 11) is 0. The Morgan fingerprint density at radius 1 is 0.964 bits per heavy atom. The lowest BCUT2D eigenvalue weighted by Crippen LogP contribution is -2.26. The van der Waals surface area contributed by atoms with Crippen LogP contribution in [0.1, 0.15) is 84.1 Å². The SMILES string of the molecule is CCC1(C)CCCCCC(C)(c2cc(-c3ccccc3O)nnc2N)CCC1. The Kier molecular flexibility index (Phi) is 6.26. The first-order valence-electron chi connectivity index (χ1n) is 10.8. The van der Waals surface area contributed by atoms with E-state index < -0.39 is 0 Å². The van der Waals surface area contributed by atoms with Crippen molar-refractivity contribution in [3.63, 3.8) is 0 Å². The second kappa shape index (κ2) is 8.50. The van der Waals surface area contributed by atoms with Crippen LogP contribution in [0.15, 0.2) is 30.3 Å². The number of anilines is 1. The molecule has 0 bridgehead atoms. The topological polar surface area (TPSA) is 72.0 Å². The summed E-state index contributed by atoms with van der Waals surface area (Å²) in [5, 5.41) is 18.8. The molecule has 2 aromatic rings. The molecular weight excluding hydrogens is 346 g/mol. The van der Waals surface area contributed by atoms with E-state index >= 15 is 0 Å². The molecule has 1 aliphatic rings. The van der Waals surface area contributed by atoms with Gasteiger partial charge in [-0.1, -0.05) is 65.0 Å². The number of hydrogen-bond donors (Lipinski definition) is 2. The molecule has 0 spiro atoms. The zero-order valence-corrected chi connectivity index (χ0v) is 17.7. The lowest BCUT2D eigenvalue weighted by Gasteiger charge is -2.35. The molecular formula is C24H35N3O. The van der Waals surface area contributed by atoms with Crippen LogP contribution in [0.25, 0.3) is 11.3 Å². The molecule has 3 N–H and O–H groups in total. The Morgan fingerprint density at radius 2 is 1.64 bits per heavy atom. The summed E-state index contributed by atoms with van der Waals surface area (Å²) >= 11 is 0. The van der Waals surface area contributed by atoms with Gasteiger partial charge in [-0.3, -0.25) is 0 Å². The fourth-order valence-electron chi connectivity index (χ4n) is 4.73. The molecule has 1 fully saturated rings. The number of phenols is 1. The number of nitrogens with two attached hydrogens (primary N) is 1. The molecule has 1 heterocycles. The van der Waals surface area contributed by atoms with Crippen molar-refractivity contribution in [1.29, 1.82) is 0 Å². The van der Waals surface area contributed by atoms with E-state index in [4.69, 9.17) is 5.73 Å². The summed E-state index contributed by atoms with van der Waals surface area (Å²) in [6.45, 7) is 7.11. The number of phenolic OH excluding ortho intramolecular Hbond substituents is 1. The number of benzene rings is 1. The maximum Gasteiger partial charge on any atom is 0.149 e. The average molecular weight is 382 g/mol. The van der Waals surface area contributed by atoms with E-state index in [2.05, 4.69) is 37.0 Å². The maximum atomic E-state index is 10.2. The maximum absolute atomic E-state index is 10.2. The van der Waals surface area contributed by atoms with Crippen molar-refractivity contribution in [3.05, 3.63) is 35.9 Å². The highest BCUT2D eigenvalue weighted by molar-refractivity contribution is 5.68. The molecule has 2 unspecified atom stereocenters. The van der Waals surface area contributed by atoms with Gasteiger partial charge in [0.05, 0.1) is 5.69 Å². The molecule has 0 radical (unpaired) electrons. The van der Waals surface area contributed by atoms with E-state index in [9.17, 15) is 5.11 Å². The molecule has 4 heteroatoms. The monoisotopic (exact) mass is 381 g/mol. The average Bonchev–Trinajstić information content (AvgIpc) is 2.68. The Balaban J connectivity index is 1.93. The largest absolute Gasteiger partial charge is 0.507 e. The summed E-state index contributed by atoms with van der Waals surface area (Å²) < 4.78 is 0. The molecule has 2 atom stereocenters. The van der Waals surface area contributed by atoms with Crippen LogP contribution in [0.3, 0.4) is 0 Å². The van der Waals surface area contributed by atoms with E-state index in [1.807, 2.05) is 18.2 Å². The third-order valence-electron chi connectivity index (χ3n) is 7.02. The second-order valence-electron chi connectivity index (χ2n) is 9.18. The molecule has 152 valence electrons. The number of para-hydroxylation sites is 1. The van der Waals surface area contributed by atoms with E-state index in [1.165, 1.54) is 44.9 Å². The highest BCUT2D eigenvalue weighted by atomic mass is 16.3. The van der Waals surface area contributed by atoms with Crippen LogP contribution in [0.5, 0.6) is 5.75 Å². The Bertz CT molecular complexity index is 806. The summed E-state index contributed by atoms with van der Waals surface area (Å²) in [6, 6.07) is 9.34. The number of aromatic hydroxyl groups is 1. The van der Waals surface area contributed by atoms with Gasteiger partial charge in [-0.15, -0.1) is 10.2 Å². The summed E-state index contributed by atoms with van der Waals surface area (Å²) in [5.74, 6) is 0.749. The molecule has 4 nitrogen and oxygen atoms in total. The smallest absolute Gasteiger partial charge is 0.149 e. The predicted octanol–water partition coefficient (Wildman–Crippen LogP) is 6.24. The first-order valence-corrected chi connectivity index (χ1v) is 10.8. The van der Waals surface area contributed by atoms with Gasteiger partial charge in [-0.2, -0.15) is 0 Å². The van der Waals surface area contributed by atoms with Crippen LogP contribution in [-0.4, -0.2) is 15.3 Å². The minimum Gasteiger partial charge on any atom is -0.507 e. The van der Waals surface area contributed by atoms with Gasteiger partial charge >= 0.3 is 0 Å². The molecule has 1 saturated carbocycles. The van der Waals surface area contributed by atoms with Crippen molar-refractivity contribution in [2.45, 2.75) is 84.0 Å². The predicted molar refractivity (Wildman–Crippen MR) is 116 cm³/mol. The zero-order chi connectivity index (χ0) is 20.2. The van der Waals surface area contributed by atoms with Gasteiger partial charge in [0.1, 0.15) is 11.6 Å². The number of aromatic nitrogens is 2. The molecule has 1 aromatic heterocycles. The van der Waals surface area contributed by atoms with E-state index in [-0.39, 0.29) is 11.2 Å². The van der Waals surface area contributed by atoms with Crippen molar-refractivity contribution in [2.24, 2.45) is 5.41 Å². The molecule has 1 aliphatic carbocycles. The molecule has 3 rings (SSSR count). The standard InChI is InChI=1S/C24H35N3O/c1-4-23(2)13-8-5-9-15-24(3,16-10-14-23)19-17-20(26-27-22(19)25)18-11-6-7-12-21(18)28/h6-7,11-12,17,28H,4-5,8-10,13-16H2,1-3H3,(H2,25,27). The normalized spacial score (nSPS) is 26.7. The van der Waals surface area contributed by atoms with Crippen LogP contribution in [0.4, 0.5) is 5.82 Å². The van der Waals surface area contributed by atoms with E-state index in [1.54, 1.807) is 6.07 Å². The lowest BCUT2D eigenvalue weighted by atomic mass is 9.70. The summed E-state index contributed by atoms with van der Waals surface area (Å²) in [5.41, 5.74) is 9.26. The fraction of sp³-hybridized carbons (Fsp3) is 0.583. The Hall–Kier alpha value is -2.10. The minimum absolute atomic E-state index is 0.00877. The van der Waals surface area contributed by atoms with Gasteiger partial charge < -0.3 is 10.8 Å². The molecule has 28 heavy (non-hydrogen) atoms. The first kappa shape index (κ1) is 20.6. The molecule has 0 saturated heterocycles. The van der Waals surface area contributed by atoms with E-state index in [0.29, 0.717) is 22.5 Å². The van der Waals surface area contributed by atoms with Crippen LogP contribution in [0, 0.1) is 5.41 Å². The van der Waals surface area contributed by atoms with Crippen molar-refractivity contribution in [2.75, 3.05) is 5.73 Å². The van der Waals surface area contributed by atoms with Gasteiger partial charge in [0.25, 0.3) is 0 Å². The Morgan fingerprint density at radius 3 is 2.39 bits per heavy atom. The summed E-state index contributed by atoms with van der Waals surface area (Å²) in [4.78, 5) is 0. The zero-order valence-electron chi connectivity index (χ0n) is 17.7. The molecule has 0 aliphatic heterocycles. The third-order valence-corrected chi connectivity index (χ3v) is 7.02. The van der Waals surface area contributed by atoms with Gasteiger partial charge in [-0.05, 0) is 54.7 Å². The van der Waals surface area contributed by atoms with Crippen molar-refractivity contribution < 1.29 is 5.11 Å². The van der Waals surface area contributed by atoms with E-state index in [0.717, 1.165) is 18.4 Å². The lowest BCUT2D eigenvalue weighted by molar-refractivity contribution is 0.217. The fourth-order valence-corrected chi connectivity index (χ4v) is 4.73. The van der Waals surface area contributed by atoms with Crippen molar-refractivity contribution >= 4 is 5.82 Å². The van der Waals surface area contributed by atoms with Crippen molar-refractivity contribution in [1.82, 2.24) is 10.2 Å². The number of nitrogen functional groups attached to an aromatic ring is 1. The van der Waals surface area contributed by atoms with Crippen molar-refractivity contribution in [3.8, 4) is 17.0 Å². The van der Waals surface area contributed by atoms with Gasteiger partial charge in [0.2, 0.25) is 0 Å². The number of nitrogens with zero attached hydrogens (tertiary/aromatic N) is 2. The quantitative estimate of drug-likeness (QED) is 0.660. The third kappa shape index (κ3) is 4.48. The minimum atomic E-state index is -0.00877. The Labute approximate surface area is 169 Å². The molecule has 1 aromatic carbocycles. The first-order chi connectivity index (χ1) is 13.4. The highest BCUT2D eigenvalue weighted by Gasteiger charge is 2.32. The summed E-state index contributed by atoms with van der Waals surface area (Å²) in [6.07, 6.45) is 11.1. The molecule has 0 amide bonds. The van der Waals surface area contributed by atoms with Gasteiger partial charge in [0.15, 0.2) is 0 Å².